The van der Waals surface area contributed by atoms with Crippen LogP contribution in [0.1, 0.15) is 19.0 Å². The Morgan fingerprint density at radius 2 is 1.39 bits per heavy atom. The number of hydrogen-bond acceptors (Lipinski definition) is 3. The standard InChI is InChI=1S/C20H19N3/c1-14-12-13-17-20(21-14)23-19(16-10-6-3-7-11-16)18(22-17)15-8-4-2-5-9-15/h2-11,14H,12-13H2,1H3,(H,21,23). The van der Waals surface area contributed by atoms with E-state index in [2.05, 4.69) is 36.5 Å². The predicted molar refractivity (Wildman–Crippen MR) is 94.3 cm³/mol. The van der Waals surface area contributed by atoms with E-state index >= 15 is 0 Å². The Morgan fingerprint density at radius 3 is 2.00 bits per heavy atom. The van der Waals surface area contributed by atoms with Crippen LogP contribution in [0.15, 0.2) is 60.7 Å². The van der Waals surface area contributed by atoms with Crippen LogP contribution in [-0.4, -0.2) is 16.0 Å². The third-order valence-electron chi connectivity index (χ3n) is 4.26. The van der Waals surface area contributed by atoms with E-state index in [9.17, 15) is 0 Å². The fourth-order valence-corrected chi connectivity index (χ4v) is 3.01. The summed E-state index contributed by atoms with van der Waals surface area (Å²) < 4.78 is 0. The van der Waals surface area contributed by atoms with Crippen LogP contribution in [0.2, 0.25) is 0 Å². The average Bonchev–Trinajstić information content (AvgIpc) is 2.62. The Morgan fingerprint density at radius 1 is 0.826 bits per heavy atom. The Labute approximate surface area is 136 Å². The summed E-state index contributed by atoms with van der Waals surface area (Å²) in [5.74, 6) is 0.933. The third-order valence-corrected chi connectivity index (χ3v) is 4.26. The molecular formula is C20H19N3. The summed E-state index contributed by atoms with van der Waals surface area (Å²) in [6.07, 6.45) is 2.08. The molecule has 0 saturated heterocycles. The molecule has 0 spiro atoms. The first-order chi connectivity index (χ1) is 11.3. The highest BCUT2D eigenvalue weighted by Gasteiger charge is 2.21. The van der Waals surface area contributed by atoms with Crippen molar-refractivity contribution in [2.24, 2.45) is 0 Å². The molecule has 0 fully saturated rings. The lowest BCUT2D eigenvalue weighted by molar-refractivity contribution is 0.661. The van der Waals surface area contributed by atoms with Crippen molar-refractivity contribution < 1.29 is 0 Å². The highest BCUT2D eigenvalue weighted by atomic mass is 15.1. The molecule has 1 aliphatic rings. The molecule has 0 saturated carbocycles. The molecule has 2 aromatic carbocycles. The van der Waals surface area contributed by atoms with Crippen molar-refractivity contribution in [1.82, 2.24) is 9.97 Å². The van der Waals surface area contributed by atoms with Gasteiger partial charge in [-0.2, -0.15) is 0 Å². The Bertz CT molecular complexity index is 813. The highest BCUT2D eigenvalue weighted by molar-refractivity contribution is 5.79. The van der Waals surface area contributed by atoms with E-state index in [0.717, 1.165) is 46.9 Å². The molecule has 23 heavy (non-hydrogen) atoms. The van der Waals surface area contributed by atoms with Crippen molar-refractivity contribution in [2.45, 2.75) is 25.8 Å². The summed E-state index contributed by atoms with van der Waals surface area (Å²) >= 11 is 0. The summed E-state index contributed by atoms with van der Waals surface area (Å²) in [7, 11) is 0. The topological polar surface area (TPSA) is 37.8 Å². The maximum Gasteiger partial charge on any atom is 0.148 e. The zero-order valence-corrected chi connectivity index (χ0v) is 13.2. The van der Waals surface area contributed by atoms with Crippen LogP contribution in [0.4, 0.5) is 5.82 Å². The number of aromatic nitrogens is 2. The summed E-state index contributed by atoms with van der Waals surface area (Å²) in [6, 6.07) is 21.1. The Hall–Kier alpha value is -2.68. The van der Waals surface area contributed by atoms with Gasteiger partial charge in [0.2, 0.25) is 0 Å². The fourth-order valence-electron chi connectivity index (χ4n) is 3.01. The van der Waals surface area contributed by atoms with Gasteiger partial charge in [0.1, 0.15) is 5.82 Å². The van der Waals surface area contributed by atoms with Crippen LogP contribution in [0, 0.1) is 0 Å². The van der Waals surface area contributed by atoms with E-state index in [0.29, 0.717) is 6.04 Å². The van der Waals surface area contributed by atoms with Crippen LogP contribution in [0.5, 0.6) is 0 Å². The van der Waals surface area contributed by atoms with Crippen molar-refractivity contribution >= 4 is 5.82 Å². The number of benzene rings is 2. The first kappa shape index (κ1) is 13.9. The van der Waals surface area contributed by atoms with Gasteiger partial charge in [0.05, 0.1) is 17.1 Å². The molecule has 0 aliphatic carbocycles. The fraction of sp³-hybridized carbons (Fsp3) is 0.200. The molecule has 3 heteroatoms. The Balaban J connectivity index is 1.93. The molecule has 1 N–H and O–H groups in total. The van der Waals surface area contributed by atoms with E-state index in [4.69, 9.17) is 9.97 Å². The summed E-state index contributed by atoms with van der Waals surface area (Å²) in [6.45, 7) is 2.19. The van der Waals surface area contributed by atoms with Crippen LogP contribution in [0.25, 0.3) is 22.5 Å². The maximum atomic E-state index is 4.97. The molecule has 1 aliphatic heterocycles. The number of nitrogens with zero attached hydrogens (tertiary/aromatic N) is 2. The van der Waals surface area contributed by atoms with Gasteiger partial charge in [-0.15, -0.1) is 0 Å². The monoisotopic (exact) mass is 301 g/mol. The molecule has 3 aromatic rings. The molecule has 0 bridgehead atoms. The summed E-state index contributed by atoms with van der Waals surface area (Å²) in [4.78, 5) is 9.91. The number of anilines is 1. The van der Waals surface area contributed by atoms with Crippen LogP contribution >= 0.6 is 0 Å². The van der Waals surface area contributed by atoms with Gasteiger partial charge in [-0.05, 0) is 19.8 Å². The summed E-state index contributed by atoms with van der Waals surface area (Å²) in [5, 5.41) is 3.48. The SMILES string of the molecule is CC1CCc2nc(-c3ccccc3)c(-c3ccccc3)nc2N1. The van der Waals surface area contributed by atoms with Crippen LogP contribution < -0.4 is 5.32 Å². The van der Waals surface area contributed by atoms with Gasteiger partial charge in [0.25, 0.3) is 0 Å². The van der Waals surface area contributed by atoms with Crippen LogP contribution in [0.3, 0.4) is 0 Å². The van der Waals surface area contributed by atoms with Crippen molar-refractivity contribution in [3.63, 3.8) is 0 Å². The minimum atomic E-state index is 0.447. The Kier molecular flexibility index (Phi) is 3.54. The average molecular weight is 301 g/mol. The van der Waals surface area contributed by atoms with Crippen molar-refractivity contribution in [3.05, 3.63) is 66.4 Å². The lowest BCUT2D eigenvalue weighted by Gasteiger charge is -2.24. The molecule has 0 amide bonds. The molecule has 114 valence electrons. The number of hydrogen-bond donors (Lipinski definition) is 1. The zero-order valence-electron chi connectivity index (χ0n) is 13.2. The lowest BCUT2D eigenvalue weighted by atomic mass is 10.0. The van der Waals surface area contributed by atoms with E-state index in [1.165, 1.54) is 0 Å². The van der Waals surface area contributed by atoms with Gasteiger partial charge >= 0.3 is 0 Å². The number of aryl methyl sites for hydroxylation is 1. The molecule has 0 radical (unpaired) electrons. The quantitative estimate of drug-likeness (QED) is 0.754. The number of fused-ring (bicyclic) bond motifs is 1. The molecule has 1 unspecified atom stereocenters. The van der Waals surface area contributed by atoms with Gasteiger partial charge < -0.3 is 5.32 Å². The van der Waals surface area contributed by atoms with Crippen molar-refractivity contribution in [3.8, 4) is 22.5 Å². The second-order valence-electron chi connectivity index (χ2n) is 6.03. The molecule has 3 nitrogen and oxygen atoms in total. The maximum absolute atomic E-state index is 4.97. The largest absolute Gasteiger partial charge is 0.366 e. The molecular weight excluding hydrogens is 282 g/mol. The van der Waals surface area contributed by atoms with Gasteiger partial charge in [-0.1, -0.05) is 60.7 Å². The second kappa shape index (κ2) is 5.84. The third kappa shape index (κ3) is 2.70. The number of rotatable bonds is 2. The predicted octanol–water partition coefficient (Wildman–Crippen LogP) is 4.56. The zero-order chi connectivity index (χ0) is 15.6. The molecule has 1 atom stereocenters. The minimum absolute atomic E-state index is 0.447. The molecule has 4 rings (SSSR count). The van der Waals surface area contributed by atoms with Gasteiger partial charge in [-0.3, -0.25) is 0 Å². The second-order valence-corrected chi connectivity index (χ2v) is 6.03. The van der Waals surface area contributed by atoms with Gasteiger partial charge in [0, 0.05) is 17.2 Å². The lowest BCUT2D eigenvalue weighted by Crippen LogP contribution is -2.24. The van der Waals surface area contributed by atoms with E-state index in [1.807, 2.05) is 36.4 Å². The molecule has 2 heterocycles. The number of nitrogens with one attached hydrogen (secondary N) is 1. The normalized spacial score (nSPS) is 16.5. The van der Waals surface area contributed by atoms with E-state index in [1.54, 1.807) is 0 Å². The first-order valence-electron chi connectivity index (χ1n) is 8.09. The van der Waals surface area contributed by atoms with Gasteiger partial charge in [0.15, 0.2) is 0 Å². The summed E-state index contributed by atoms with van der Waals surface area (Å²) in [5.41, 5.74) is 5.19. The first-order valence-corrected chi connectivity index (χ1v) is 8.09. The highest BCUT2D eigenvalue weighted by Crippen LogP contribution is 2.33. The van der Waals surface area contributed by atoms with Crippen molar-refractivity contribution in [2.75, 3.05) is 5.32 Å². The van der Waals surface area contributed by atoms with Crippen molar-refractivity contribution in [1.29, 1.82) is 0 Å². The van der Waals surface area contributed by atoms with E-state index in [-0.39, 0.29) is 0 Å². The minimum Gasteiger partial charge on any atom is -0.366 e. The molecule has 1 aromatic heterocycles. The van der Waals surface area contributed by atoms with Gasteiger partial charge in [-0.25, -0.2) is 9.97 Å². The van der Waals surface area contributed by atoms with E-state index < -0.39 is 0 Å². The smallest absolute Gasteiger partial charge is 0.148 e. The van der Waals surface area contributed by atoms with Crippen LogP contribution in [-0.2, 0) is 6.42 Å².